The molecule has 2 rings (SSSR count). The van der Waals surface area contributed by atoms with Crippen molar-refractivity contribution in [2.45, 2.75) is 43.5 Å². The Balaban J connectivity index is 2.32. The van der Waals surface area contributed by atoms with E-state index in [0.29, 0.717) is 11.4 Å². The highest BCUT2D eigenvalue weighted by molar-refractivity contribution is 7.99. The minimum atomic E-state index is -3.45. The molecule has 0 aliphatic carbocycles. The highest BCUT2D eigenvalue weighted by atomic mass is 32.2. The second-order valence-electron chi connectivity index (χ2n) is 7.73. The first kappa shape index (κ1) is 19.8. The summed E-state index contributed by atoms with van der Waals surface area (Å²) >= 11 is 1.85. The van der Waals surface area contributed by atoms with Crippen LogP contribution in [0, 0.1) is 0 Å². The van der Waals surface area contributed by atoms with Crippen LogP contribution in [0.5, 0.6) is 0 Å². The SMILES string of the molecule is CN(C)C[C@@H]1CSCCCN1S(=O)(=O)c1ccc(C(C)(C)C)cc1. The molecule has 0 unspecified atom stereocenters. The lowest BCUT2D eigenvalue weighted by Gasteiger charge is -2.31. The van der Waals surface area contributed by atoms with E-state index in [-0.39, 0.29) is 11.5 Å². The lowest BCUT2D eigenvalue weighted by Crippen LogP contribution is -2.46. The van der Waals surface area contributed by atoms with Crippen LogP contribution in [0.1, 0.15) is 32.8 Å². The zero-order chi connectivity index (χ0) is 18.0. The van der Waals surface area contributed by atoms with Gasteiger partial charge >= 0.3 is 0 Å². The van der Waals surface area contributed by atoms with Crippen LogP contribution in [-0.4, -0.2) is 62.4 Å². The van der Waals surface area contributed by atoms with Crippen molar-refractivity contribution in [1.82, 2.24) is 9.21 Å². The molecular formula is C18H30N2O2S2. The Labute approximate surface area is 151 Å². The van der Waals surface area contributed by atoms with E-state index >= 15 is 0 Å². The first-order chi connectivity index (χ1) is 11.1. The minimum absolute atomic E-state index is 0.0228. The predicted octanol–water partition coefficient (Wildman–Crippen LogP) is 3.04. The number of nitrogens with zero attached hydrogens (tertiary/aromatic N) is 2. The zero-order valence-corrected chi connectivity index (χ0v) is 17.1. The third-order valence-electron chi connectivity index (χ3n) is 4.29. The lowest BCUT2D eigenvalue weighted by atomic mass is 9.87. The molecule has 1 saturated heterocycles. The topological polar surface area (TPSA) is 40.6 Å². The summed E-state index contributed by atoms with van der Waals surface area (Å²) in [5.41, 5.74) is 1.17. The fraction of sp³-hybridized carbons (Fsp3) is 0.667. The molecule has 1 fully saturated rings. The molecule has 4 nitrogen and oxygen atoms in total. The molecule has 24 heavy (non-hydrogen) atoms. The molecule has 1 aromatic carbocycles. The summed E-state index contributed by atoms with van der Waals surface area (Å²) in [4.78, 5) is 2.48. The Bertz CT molecular complexity index is 634. The van der Waals surface area contributed by atoms with Crippen LogP contribution < -0.4 is 0 Å². The van der Waals surface area contributed by atoms with Crippen molar-refractivity contribution in [3.05, 3.63) is 29.8 Å². The second kappa shape index (κ2) is 7.77. The molecule has 1 aromatic rings. The van der Waals surface area contributed by atoms with Gasteiger partial charge in [0.2, 0.25) is 10.0 Å². The smallest absolute Gasteiger partial charge is 0.243 e. The largest absolute Gasteiger partial charge is 0.308 e. The van der Waals surface area contributed by atoms with Gasteiger partial charge in [-0.15, -0.1) is 0 Å². The molecule has 0 amide bonds. The van der Waals surface area contributed by atoms with Crippen LogP contribution in [0.15, 0.2) is 29.2 Å². The molecule has 0 aromatic heterocycles. The maximum atomic E-state index is 13.2. The quantitative estimate of drug-likeness (QED) is 0.817. The molecule has 136 valence electrons. The monoisotopic (exact) mass is 370 g/mol. The van der Waals surface area contributed by atoms with Gasteiger partial charge in [-0.05, 0) is 49.4 Å². The van der Waals surface area contributed by atoms with Crippen LogP contribution in [0.25, 0.3) is 0 Å². The van der Waals surface area contributed by atoms with Crippen molar-refractivity contribution >= 4 is 21.8 Å². The summed E-state index contributed by atoms with van der Waals surface area (Å²) in [5, 5.41) is 0. The molecule has 0 saturated carbocycles. The van der Waals surface area contributed by atoms with Crippen LogP contribution in [0.3, 0.4) is 0 Å². The molecule has 1 aliphatic rings. The van der Waals surface area contributed by atoms with Crippen LogP contribution in [0.2, 0.25) is 0 Å². The number of hydrogen-bond donors (Lipinski definition) is 0. The summed E-state index contributed by atoms with van der Waals surface area (Å²) in [5.74, 6) is 1.89. The van der Waals surface area contributed by atoms with Gasteiger partial charge in [0.15, 0.2) is 0 Å². The number of likely N-dealkylation sites (N-methyl/N-ethyl adjacent to an activating group) is 1. The average Bonchev–Trinajstić information content (AvgIpc) is 2.71. The van der Waals surface area contributed by atoms with E-state index in [2.05, 4.69) is 25.7 Å². The van der Waals surface area contributed by atoms with E-state index in [4.69, 9.17) is 0 Å². The first-order valence-electron chi connectivity index (χ1n) is 8.47. The third-order valence-corrected chi connectivity index (χ3v) is 7.45. The van der Waals surface area contributed by atoms with E-state index < -0.39 is 10.0 Å². The summed E-state index contributed by atoms with van der Waals surface area (Å²) in [6, 6.07) is 7.45. The summed E-state index contributed by atoms with van der Waals surface area (Å²) in [6.07, 6.45) is 0.911. The van der Waals surface area contributed by atoms with E-state index in [1.54, 1.807) is 16.4 Å². The minimum Gasteiger partial charge on any atom is -0.308 e. The second-order valence-corrected chi connectivity index (χ2v) is 10.8. The molecule has 1 atom stereocenters. The number of hydrogen-bond acceptors (Lipinski definition) is 4. The van der Waals surface area contributed by atoms with Gasteiger partial charge in [0.1, 0.15) is 0 Å². The normalized spacial score (nSPS) is 21.0. The van der Waals surface area contributed by atoms with E-state index in [0.717, 1.165) is 30.0 Å². The highest BCUT2D eigenvalue weighted by Gasteiger charge is 2.33. The molecule has 0 bridgehead atoms. The van der Waals surface area contributed by atoms with Crippen molar-refractivity contribution in [3.8, 4) is 0 Å². The van der Waals surface area contributed by atoms with Gasteiger partial charge < -0.3 is 4.90 Å². The summed E-state index contributed by atoms with van der Waals surface area (Å²) in [6.45, 7) is 7.77. The van der Waals surface area contributed by atoms with Crippen molar-refractivity contribution in [2.75, 3.05) is 38.7 Å². The fourth-order valence-corrected chi connectivity index (χ4v) is 5.76. The maximum absolute atomic E-state index is 13.2. The number of sulfonamides is 1. The van der Waals surface area contributed by atoms with Crippen molar-refractivity contribution < 1.29 is 8.42 Å². The van der Waals surface area contributed by atoms with Gasteiger partial charge in [0, 0.05) is 24.9 Å². The number of thioether (sulfide) groups is 1. The molecule has 1 aliphatic heterocycles. The molecule has 0 N–H and O–H groups in total. The van der Waals surface area contributed by atoms with E-state index in [1.807, 2.05) is 38.0 Å². The Kier molecular flexibility index (Phi) is 6.40. The summed E-state index contributed by atoms with van der Waals surface area (Å²) < 4.78 is 28.1. The Morgan fingerprint density at radius 3 is 2.38 bits per heavy atom. The maximum Gasteiger partial charge on any atom is 0.243 e. The third kappa shape index (κ3) is 4.75. The van der Waals surface area contributed by atoms with Crippen molar-refractivity contribution in [1.29, 1.82) is 0 Å². The van der Waals surface area contributed by atoms with Crippen molar-refractivity contribution in [3.63, 3.8) is 0 Å². The predicted molar refractivity (Wildman–Crippen MR) is 103 cm³/mol. The Morgan fingerprint density at radius 2 is 1.83 bits per heavy atom. The van der Waals surface area contributed by atoms with Gasteiger partial charge in [0.05, 0.1) is 4.90 Å². The molecule has 6 heteroatoms. The van der Waals surface area contributed by atoms with E-state index in [1.165, 1.54) is 0 Å². The fourth-order valence-electron chi connectivity index (χ4n) is 2.95. The van der Waals surface area contributed by atoms with Crippen LogP contribution in [0.4, 0.5) is 0 Å². The average molecular weight is 371 g/mol. The number of rotatable bonds is 4. The van der Waals surface area contributed by atoms with Crippen molar-refractivity contribution in [2.24, 2.45) is 0 Å². The lowest BCUT2D eigenvalue weighted by molar-refractivity contribution is 0.271. The Hall–Kier alpha value is -0.560. The molecule has 0 spiro atoms. The number of benzene rings is 1. The molecule has 1 heterocycles. The van der Waals surface area contributed by atoms with Gasteiger partial charge in [-0.2, -0.15) is 16.1 Å². The Morgan fingerprint density at radius 1 is 1.21 bits per heavy atom. The molecular weight excluding hydrogens is 340 g/mol. The van der Waals surface area contributed by atoms with Gasteiger partial charge in [0.25, 0.3) is 0 Å². The van der Waals surface area contributed by atoms with Gasteiger partial charge in [-0.25, -0.2) is 8.42 Å². The highest BCUT2D eigenvalue weighted by Crippen LogP contribution is 2.27. The first-order valence-corrected chi connectivity index (χ1v) is 11.1. The van der Waals surface area contributed by atoms with Crippen LogP contribution in [-0.2, 0) is 15.4 Å². The van der Waals surface area contributed by atoms with Crippen LogP contribution >= 0.6 is 11.8 Å². The van der Waals surface area contributed by atoms with Gasteiger partial charge in [-0.1, -0.05) is 32.9 Å². The zero-order valence-electron chi connectivity index (χ0n) is 15.4. The van der Waals surface area contributed by atoms with Gasteiger partial charge in [-0.3, -0.25) is 0 Å². The molecule has 0 radical (unpaired) electrons. The summed E-state index contributed by atoms with van der Waals surface area (Å²) in [7, 11) is 0.548. The standard InChI is InChI=1S/C18H30N2O2S2/c1-18(2,3)15-7-9-17(10-8-15)24(21,22)20-11-6-12-23-14-16(20)13-19(4)5/h7-10,16H,6,11-14H2,1-5H3/t16-/m1/s1. The van der Waals surface area contributed by atoms with E-state index in [9.17, 15) is 8.42 Å².